The first kappa shape index (κ1) is 12.7. The highest BCUT2D eigenvalue weighted by Gasteiger charge is 2.40. The lowest BCUT2D eigenvalue weighted by Gasteiger charge is -2.14. The molecule has 0 bridgehead atoms. The van der Waals surface area contributed by atoms with E-state index in [1.54, 1.807) is 0 Å². The summed E-state index contributed by atoms with van der Waals surface area (Å²) < 4.78 is 0. The average molecular weight is 211 g/mol. The zero-order valence-electron chi connectivity index (χ0n) is 9.80. The standard InChI is InChI=1S/C13H25NO/c1-2-3-4-5-6-10-14-12-13(7-8-13)9-11-15/h2,14-15H,1,3-12H2. The van der Waals surface area contributed by atoms with Crippen LogP contribution in [0.3, 0.4) is 0 Å². The molecule has 0 aromatic carbocycles. The largest absolute Gasteiger partial charge is 0.396 e. The van der Waals surface area contributed by atoms with Gasteiger partial charge in [-0.1, -0.05) is 12.5 Å². The van der Waals surface area contributed by atoms with E-state index in [0.717, 1.165) is 25.9 Å². The summed E-state index contributed by atoms with van der Waals surface area (Å²) in [6, 6.07) is 0. The Kier molecular flexibility index (Phi) is 5.96. The van der Waals surface area contributed by atoms with Crippen LogP contribution >= 0.6 is 0 Å². The molecule has 2 nitrogen and oxygen atoms in total. The smallest absolute Gasteiger partial charge is 0.0436 e. The fourth-order valence-corrected chi connectivity index (χ4v) is 2.00. The number of hydrogen-bond acceptors (Lipinski definition) is 2. The van der Waals surface area contributed by atoms with Gasteiger partial charge in [0.05, 0.1) is 0 Å². The van der Waals surface area contributed by atoms with Crippen LogP contribution in [0.15, 0.2) is 12.7 Å². The van der Waals surface area contributed by atoms with E-state index in [4.69, 9.17) is 5.11 Å². The highest BCUT2D eigenvalue weighted by molar-refractivity contribution is 4.94. The summed E-state index contributed by atoms with van der Waals surface area (Å²) in [5.41, 5.74) is 0.468. The molecule has 1 saturated carbocycles. The molecule has 0 atom stereocenters. The number of nitrogens with one attached hydrogen (secondary N) is 1. The molecule has 15 heavy (non-hydrogen) atoms. The predicted octanol–water partition coefficient (Wildman–Crippen LogP) is 2.49. The Morgan fingerprint density at radius 1 is 1.27 bits per heavy atom. The Morgan fingerprint density at radius 3 is 2.67 bits per heavy atom. The number of hydrogen-bond donors (Lipinski definition) is 2. The molecule has 0 radical (unpaired) electrons. The van der Waals surface area contributed by atoms with Crippen molar-refractivity contribution in [1.82, 2.24) is 5.32 Å². The first-order valence-electron chi connectivity index (χ1n) is 6.25. The number of unbranched alkanes of at least 4 members (excludes halogenated alkanes) is 3. The van der Waals surface area contributed by atoms with E-state index in [2.05, 4.69) is 11.9 Å². The molecule has 2 heteroatoms. The van der Waals surface area contributed by atoms with Crippen molar-refractivity contribution in [3.8, 4) is 0 Å². The van der Waals surface area contributed by atoms with E-state index in [-0.39, 0.29) is 0 Å². The highest BCUT2D eigenvalue weighted by Crippen LogP contribution is 2.47. The lowest BCUT2D eigenvalue weighted by Crippen LogP contribution is -2.25. The van der Waals surface area contributed by atoms with E-state index in [0.29, 0.717) is 12.0 Å². The minimum Gasteiger partial charge on any atom is -0.396 e. The maximum atomic E-state index is 8.90. The lowest BCUT2D eigenvalue weighted by molar-refractivity contribution is 0.245. The lowest BCUT2D eigenvalue weighted by atomic mass is 10.0. The van der Waals surface area contributed by atoms with Gasteiger partial charge in [-0.2, -0.15) is 0 Å². The molecule has 0 heterocycles. The molecule has 0 saturated heterocycles. The Balaban J connectivity index is 1.86. The third-order valence-corrected chi connectivity index (χ3v) is 3.36. The van der Waals surface area contributed by atoms with Crippen LogP contribution in [-0.4, -0.2) is 24.8 Å². The molecule has 1 aliphatic rings. The molecule has 1 aliphatic carbocycles. The molecule has 0 amide bonds. The summed E-state index contributed by atoms with van der Waals surface area (Å²) in [6.45, 7) is 6.30. The summed E-state index contributed by atoms with van der Waals surface area (Å²) in [5, 5.41) is 12.4. The fourth-order valence-electron chi connectivity index (χ4n) is 2.00. The van der Waals surface area contributed by atoms with Crippen LogP contribution < -0.4 is 5.32 Å². The third-order valence-electron chi connectivity index (χ3n) is 3.36. The average Bonchev–Trinajstić information content (AvgIpc) is 2.98. The third kappa shape index (κ3) is 5.33. The van der Waals surface area contributed by atoms with Crippen LogP contribution in [0.5, 0.6) is 0 Å². The van der Waals surface area contributed by atoms with Gasteiger partial charge in [-0.15, -0.1) is 6.58 Å². The van der Waals surface area contributed by atoms with E-state index >= 15 is 0 Å². The molecule has 0 aromatic heterocycles. The second kappa shape index (κ2) is 7.02. The Morgan fingerprint density at radius 2 is 2.07 bits per heavy atom. The molecular formula is C13H25NO. The topological polar surface area (TPSA) is 32.3 Å². The first-order valence-corrected chi connectivity index (χ1v) is 6.25. The molecule has 1 fully saturated rings. The second-order valence-corrected chi connectivity index (χ2v) is 4.79. The number of aliphatic hydroxyl groups excluding tert-OH is 1. The van der Waals surface area contributed by atoms with Crippen LogP contribution in [0.1, 0.15) is 44.9 Å². The molecule has 1 rings (SSSR count). The number of rotatable bonds is 10. The summed E-state index contributed by atoms with van der Waals surface area (Å²) in [4.78, 5) is 0. The number of allylic oxidation sites excluding steroid dienone is 1. The molecule has 0 spiro atoms. The minimum absolute atomic E-state index is 0.348. The van der Waals surface area contributed by atoms with Crippen LogP contribution in [0.4, 0.5) is 0 Å². The second-order valence-electron chi connectivity index (χ2n) is 4.79. The van der Waals surface area contributed by atoms with Crippen molar-refractivity contribution in [3.05, 3.63) is 12.7 Å². The van der Waals surface area contributed by atoms with E-state index in [9.17, 15) is 0 Å². The Labute approximate surface area is 93.8 Å². The number of aliphatic hydroxyl groups is 1. The summed E-state index contributed by atoms with van der Waals surface area (Å²) in [7, 11) is 0. The van der Waals surface area contributed by atoms with Crippen molar-refractivity contribution in [2.24, 2.45) is 5.41 Å². The van der Waals surface area contributed by atoms with Crippen molar-refractivity contribution in [1.29, 1.82) is 0 Å². The van der Waals surface area contributed by atoms with Gasteiger partial charge >= 0.3 is 0 Å². The van der Waals surface area contributed by atoms with Crippen LogP contribution in [0.25, 0.3) is 0 Å². The van der Waals surface area contributed by atoms with Crippen molar-refractivity contribution >= 4 is 0 Å². The Bertz CT molecular complexity index is 175. The zero-order chi connectivity index (χ0) is 11.0. The van der Waals surface area contributed by atoms with Gasteiger partial charge < -0.3 is 10.4 Å². The van der Waals surface area contributed by atoms with Gasteiger partial charge in [-0.3, -0.25) is 0 Å². The molecule has 0 aromatic rings. The maximum absolute atomic E-state index is 8.90. The van der Waals surface area contributed by atoms with Gasteiger partial charge in [-0.25, -0.2) is 0 Å². The summed E-state index contributed by atoms with van der Waals surface area (Å²) >= 11 is 0. The van der Waals surface area contributed by atoms with Gasteiger partial charge in [0.2, 0.25) is 0 Å². The van der Waals surface area contributed by atoms with Crippen molar-refractivity contribution < 1.29 is 5.11 Å². The quantitative estimate of drug-likeness (QED) is 0.430. The van der Waals surface area contributed by atoms with Gasteiger partial charge in [-0.05, 0) is 50.5 Å². The fraction of sp³-hybridized carbons (Fsp3) is 0.846. The molecular weight excluding hydrogens is 186 g/mol. The summed E-state index contributed by atoms with van der Waals surface area (Å²) in [6.07, 6.45) is 10.6. The van der Waals surface area contributed by atoms with Gasteiger partial charge in [0.25, 0.3) is 0 Å². The van der Waals surface area contributed by atoms with Crippen molar-refractivity contribution in [3.63, 3.8) is 0 Å². The van der Waals surface area contributed by atoms with Crippen molar-refractivity contribution in [2.45, 2.75) is 44.9 Å². The minimum atomic E-state index is 0.348. The van der Waals surface area contributed by atoms with E-state index < -0.39 is 0 Å². The van der Waals surface area contributed by atoms with Crippen molar-refractivity contribution in [2.75, 3.05) is 19.7 Å². The van der Waals surface area contributed by atoms with Gasteiger partial charge in [0.15, 0.2) is 0 Å². The molecule has 2 N–H and O–H groups in total. The van der Waals surface area contributed by atoms with Gasteiger partial charge in [0, 0.05) is 13.2 Å². The molecule has 0 unspecified atom stereocenters. The van der Waals surface area contributed by atoms with Crippen LogP contribution in [0, 0.1) is 5.41 Å². The van der Waals surface area contributed by atoms with E-state index in [1.165, 1.54) is 32.1 Å². The van der Waals surface area contributed by atoms with Crippen LogP contribution in [-0.2, 0) is 0 Å². The highest BCUT2D eigenvalue weighted by atomic mass is 16.3. The Hall–Kier alpha value is -0.340. The molecule has 88 valence electrons. The predicted molar refractivity (Wildman–Crippen MR) is 64.9 cm³/mol. The maximum Gasteiger partial charge on any atom is 0.0436 e. The zero-order valence-corrected chi connectivity index (χ0v) is 9.80. The first-order chi connectivity index (χ1) is 7.33. The monoisotopic (exact) mass is 211 g/mol. The normalized spacial score (nSPS) is 17.7. The van der Waals surface area contributed by atoms with Crippen LogP contribution in [0.2, 0.25) is 0 Å². The SMILES string of the molecule is C=CCCCCCNCC1(CCO)CC1. The molecule has 0 aliphatic heterocycles. The van der Waals surface area contributed by atoms with E-state index in [1.807, 2.05) is 6.08 Å². The summed E-state index contributed by atoms with van der Waals surface area (Å²) in [5.74, 6) is 0. The van der Waals surface area contributed by atoms with Gasteiger partial charge in [0.1, 0.15) is 0 Å².